The van der Waals surface area contributed by atoms with Gasteiger partial charge in [0, 0.05) is 29.2 Å². The molecule has 2 rings (SSSR count). The molecule has 0 atom stereocenters. The van der Waals surface area contributed by atoms with Crippen molar-refractivity contribution < 1.29 is 0 Å². The Balaban J connectivity index is 1.96. The van der Waals surface area contributed by atoms with Crippen LogP contribution in [0.25, 0.3) is 0 Å². The average molecular weight is 237 g/mol. The van der Waals surface area contributed by atoms with E-state index < -0.39 is 0 Å². The van der Waals surface area contributed by atoms with Gasteiger partial charge in [0.15, 0.2) is 0 Å². The first-order chi connectivity index (χ1) is 7.65. The van der Waals surface area contributed by atoms with Crippen LogP contribution in [0.4, 0.5) is 11.5 Å². The lowest BCUT2D eigenvalue weighted by Crippen LogP contribution is -2.40. The number of thioether (sulfide) groups is 1. The van der Waals surface area contributed by atoms with E-state index in [-0.39, 0.29) is 0 Å². The number of nitrogens with two attached hydrogens (primary N) is 1. The van der Waals surface area contributed by atoms with Gasteiger partial charge in [-0.1, -0.05) is 6.42 Å². The van der Waals surface area contributed by atoms with E-state index in [2.05, 4.69) is 16.6 Å². The molecule has 0 aliphatic heterocycles. The SMILES string of the molecule is CSC1(CNc2cc(N)c(C)cn2)CCC1. The summed E-state index contributed by atoms with van der Waals surface area (Å²) in [6.07, 6.45) is 7.99. The fraction of sp³-hybridized carbons (Fsp3) is 0.583. The second kappa shape index (κ2) is 4.53. The van der Waals surface area contributed by atoms with E-state index in [4.69, 9.17) is 5.73 Å². The quantitative estimate of drug-likeness (QED) is 0.845. The minimum Gasteiger partial charge on any atom is -0.398 e. The summed E-state index contributed by atoms with van der Waals surface area (Å²) < 4.78 is 0.432. The largest absolute Gasteiger partial charge is 0.398 e. The minimum atomic E-state index is 0.432. The van der Waals surface area contributed by atoms with Gasteiger partial charge in [-0.25, -0.2) is 4.98 Å². The first-order valence-corrected chi connectivity index (χ1v) is 6.89. The van der Waals surface area contributed by atoms with Crippen molar-refractivity contribution in [2.45, 2.75) is 30.9 Å². The predicted octanol–water partition coefficient (Wildman–Crippen LogP) is 2.67. The number of pyridine rings is 1. The molecule has 1 heterocycles. The van der Waals surface area contributed by atoms with Gasteiger partial charge in [-0.05, 0) is 31.6 Å². The number of rotatable bonds is 4. The topological polar surface area (TPSA) is 50.9 Å². The zero-order chi connectivity index (χ0) is 11.6. The molecule has 88 valence electrons. The maximum atomic E-state index is 5.85. The summed E-state index contributed by atoms with van der Waals surface area (Å²) in [5.74, 6) is 0.892. The number of hydrogen-bond donors (Lipinski definition) is 2. The van der Waals surface area contributed by atoms with E-state index in [1.165, 1.54) is 19.3 Å². The molecule has 0 bridgehead atoms. The Morgan fingerprint density at radius 2 is 2.31 bits per heavy atom. The van der Waals surface area contributed by atoms with Crippen LogP contribution in [0, 0.1) is 6.92 Å². The van der Waals surface area contributed by atoms with Crippen molar-refractivity contribution in [2.75, 3.05) is 23.9 Å². The fourth-order valence-corrected chi connectivity index (χ4v) is 2.83. The Hall–Kier alpha value is -0.900. The summed E-state index contributed by atoms with van der Waals surface area (Å²) >= 11 is 1.96. The molecule has 0 unspecified atom stereocenters. The van der Waals surface area contributed by atoms with Crippen LogP contribution in [-0.2, 0) is 0 Å². The monoisotopic (exact) mass is 237 g/mol. The van der Waals surface area contributed by atoms with Crippen LogP contribution >= 0.6 is 11.8 Å². The number of nitrogens with zero attached hydrogens (tertiary/aromatic N) is 1. The minimum absolute atomic E-state index is 0.432. The lowest BCUT2D eigenvalue weighted by molar-refractivity contribution is 0.379. The standard InChI is InChI=1S/C12H19N3S/c1-9-7-14-11(6-10(9)13)15-8-12(16-2)4-3-5-12/h6-7H,3-5,8H2,1-2H3,(H3,13,14,15). The molecule has 0 spiro atoms. The van der Waals surface area contributed by atoms with Crippen LogP contribution in [0.3, 0.4) is 0 Å². The molecule has 3 nitrogen and oxygen atoms in total. The smallest absolute Gasteiger partial charge is 0.128 e. The van der Waals surface area contributed by atoms with Gasteiger partial charge in [-0.15, -0.1) is 0 Å². The van der Waals surface area contributed by atoms with Gasteiger partial charge in [0.2, 0.25) is 0 Å². The molecule has 1 aliphatic carbocycles. The zero-order valence-corrected chi connectivity index (χ0v) is 10.7. The summed E-state index contributed by atoms with van der Waals surface area (Å²) in [7, 11) is 0. The van der Waals surface area contributed by atoms with Crippen molar-refractivity contribution in [3.63, 3.8) is 0 Å². The van der Waals surface area contributed by atoms with Crippen molar-refractivity contribution >= 4 is 23.3 Å². The van der Waals surface area contributed by atoms with Crippen LogP contribution in [-0.4, -0.2) is 22.5 Å². The molecule has 3 N–H and O–H groups in total. The molecule has 0 amide bonds. The van der Waals surface area contributed by atoms with Crippen molar-refractivity contribution in [3.05, 3.63) is 17.8 Å². The van der Waals surface area contributed by atoms with Crippen molar-refractivity contribution in [1.29, 1.82) is 0 Å². The predicted molar refractivity (Wildman–Crippen MR) is 72.0 cm³/mol. The van der Waals surface area contributed by atoms with Crippen molar-refractivity contribution in [2.24, 2.45) is 0 Å². The second-order valence-corrected chi connectivity index (χ2v) is 5.79. The van der Waals surface area contributed by atoms with Crippen LogP contribution in [0.15, 0.2) is 12.3 Å². The first-order valence-electron chi connectivity index (χ1n) is 5.66. The summed E-state index contributed by atoms with van der Waals surface area (Å²) in [6.45, 7) is 2.96. The Kier molecular flexibility index (Phi) is 3.28. The van der Waals surface area contributed by atoms with Gasteiger partial charge >= 0.3 is 0 Å². The van der Waals surface area contributed by atoms with Gasteiger partial charge in [0.05, 0.1) is 0 Å². The van der Waals surface area contributed by atoms with Gasteiger partial charge in [-0.3, -0.25) is 0 Å². The number of hydrogen-bond acceptors (Lipinski definition) is 4. The highest BCUT2D eigenvalue weighted by molar-refractivity contribution is 8.00. The molecule has 16 heavy (non-hydrogen) atoms. The van der Waals surface area contributed by atoms with Crippen molar-refractivity contribution in [3.8, 4) is 0 Å². The molecule has 1 fully saturated rings. The van der Waals surface area contributed by atoms with Gasteiger partial charge < -0.3 is 11.1 Å². The zero-order valence-electron chi connectivity index (χ0n) is 9.92. The Bertz CT molecular complexity index is 369. The van der Waals surface area contributed by atoms with E-state index in [9.17, 15) is 0 Å². The molecule has 1 aromatic rings. The summed E-state index contributed by atoms with van der Waals surface area (Å²) in [5.41, 5.74) is 7.70. The molecule has 1 saturated carbocycles. The molecule has 4 heteroatoms. The number of aryl methyl sites for hydroxylation is 1. The number of nitrogen functional groups attached to an aromatic ring is 1. The Labute approximate surface area is 101 Å². The molecule has 1 aliphatic rings. The summed E-state index contributed by atoms with van der Waals surface area (Å²) in [5, 5.41) is 3.39. The molecule has 0 saturated heterocycles. The maximum Gasteiger partial charge on any atom is 0.128 e. The van der Waals surface area contributed by atoms with E-state index in [0.29, 0.717) is 4.75 Å². The van der Waals surface area contributed by atoms with Gasteiger partial charge in [-0.2, -0.15) is 11.8 Å². The normalized spacial score (nSPS) is 17.9. The van der Waals surface area contributed by atoms with Crippen LogP contribution < -0.4 is 11.1 Å². The number of nitrogens with one attached hydrogen (secondary N) is 1. The highest BCUT2D eigenvalue weighted by Crippen LogP contribution is 2.42. The Morgan fingerprint density at radius 1 is 1.56 bits per heavy atom. The number of aromatic nitrogens is 1. The van der Waals surface area contributed by atoms with Crippen LogP contribution in [0.5, 0.6) is 0 Å². The molecule has 0 aromatic carbocycles. The highest BCUT2D eigenvalue weighted by Gasteiger charge is 2.35. The maximum absolute atomic E-state index is 5.85. The Morgan fingerprint density at radius 3 is 2.81 bits per heavy atom. The van der Waals surface area contributed by atoms with E-state index in [1.807, 2.05) is 30.9 Å². The highest BCUT2D eigenvalue weighted by atomic mass is 32.2. The second-order valence-electron chi connectivity index (χ2n) is 4.52. The summed E-state index contributed by atoms with van der Waals surface area (Å²) in [4.78, 5) is 4.33. The van der Waals surface area contributed by atoms with E-state index >= 15 is 0 Å². The van der Waals surface area contributed by atoms with E-state index in [0.717, 1.165) is 23.6 Å². The van der Waals surface area contributed by atoms with Crippen LogP contribution in [0.2, 0.25) is 0 Å². The van der Waals surface area contributed by atoms with Gasteiger partial charge in [0.25, 0.3) is 0 Å². The lowest BCUT2D eigenvalue weighted by atomic mass is 9.84. The molecule has 1 aromatic heterocycles. The van der Waals surface area contributed by atoms with Crippen molar-refractivity contribution in [1.82, 2.24) is 4.98 Å². The first kappa shape index (κ1) is 11.6. The number of anilines is 2. The molecule has 0 radical (unpaired) electrons. The summed E-state index contributed by atoms with van der Waals surface area (Å²) in [6, 6.07) is 1.92. The van der Waals surface area contributed by atoms with E-state index in [1.54, 1.807) is 0 Å². The molecular formula is C12H19N3S. The van der Waals surface area contributed by atoms with Gasteiger partial charge in [0.1, 0.15) is 5.82 Å². The third-order valence-corrected chi connectivity index (χ3v) is 4.85. The van der Waals surface area contributed by atoms with Crippen LogP contribution in [0.1, 0.15) is 24.8 Å². The fourth-order valence-electron chi connectivity index (χ4n) is 1.91. The molecular weight excluding hydrogens is 218 g/mol. The lowest BCUT2D eigenvalue weighted by Gasteiger charge is -2.40. The average Bonchev–Trinajstić information content (AvgIpc) is 2.22. The third-order valence-electron chi connectivity index (χ3n) is 3.43. The third kappa shape index (κ3) is 2.26.